The van der Waals surface area contributed by atoms with E-state index in [-0.39, 0.29) is 24.5 Å². The second-order valence-electron chi connectivity index (χ2n) is 8.00. The summed E-state index contributed by atoms with van der Waals surface area (Å²) in [5, 5.41) is 0. The third-order valence-electron chi connectivity index (χ3n) is 6.30. The van der Waals surface area contributed by atoms with Crippen molar-refractivity contribution in [2.24, 2.45) is 20.4 Å². The van der Waals surface area contributed by atoms with Gasteiger partial charge in [0.2, 0.25) is 5.66 Å². The fraction of sp³-hybridized carbons (Fsp3) is 0.250. The minimum absolute atomic E-state index is 0.0365. The molecule has 6 rings (SSSR count). The number of ether oxygens (including phenoxy) is 1. The van der Waals surface area contributed by atoms with Gasteiger partial charge >= 0.3 is 6.18 Å². The number of carbonyl (C=O) groups excluding carboxylic acids is 1. The van der Waals surface area contributed by atoms with E-state index in [0.717, 1.165) is 12.2 Å². The summed E-state index contributed by atoms with van der Waals surface area (Å²) in [6.45, 7) is 0.0365. The molecule has 6 bridgehead atoms. The Morgan fingerprint density at radius 1 is 1.00 bits per heavy atom. The Labute approximate surface area is 186 Å². The van der Waals surface area contributed by atoms with Gasteiger partial charge in [0, 0.05) is 17.4 Å². The number of methoxy groups -OCH3 is 1. The summed E-state index contributed by atoms with van der Waals surface area (Å²) in [7, 11) is 1.43. The maximum Gasteiger partial charge on any atom is 0.433 e. The Hall–Kier alpha value is -3.62. The Morgan fingerprint density at radius 3 is 2.55 bits per heavy atom. The molecular weight excluding hydrogens is 438 g/mol. The van der Waals surface area contributed by atoms with Gasteiger partial charge < -0.3 is 4.74 Å². The van der Waals surface area contributed by atoms with Crippen molar-refractivity contribution < 1.29 is 27.1 Å². The number of rotatable bonds is 1. The van der Waals surface area contributed by atoms with Crippen LogP contribution in [-0.2, 0) is 9.53 Å². The smallest absolute Gasteiger partial charge is 0.433 e. The van der Waals surface area contributed by atoms with Crippen LogP contribution < -0.4 is 0 Å². The molecule has 168 valence electrons. The molecule has 0 aromatic heterocycles. The molecule has 2 aliphatic carbocycles. The minimum Gasteiger partial charge on any atom is -0.497 e. The fourth-order valence-corrected chi connectivity index (χ4v) is 4.63. The van der Waals surface area contributed by atoms with Crippen molar-refractivity contribution in [1.29, 1.82) is 0 Å². The molecule has 5 nitrogen and oxygen atoms in total. The predicted molar refractivity (Wildman–Crippen MR) is 116 cm³/mol. The van der Waals surface area contributed by atoms with E-state index in [1.54, 1.807) is 6.08 Å². The highest BCUT2D eigenvalue weighted by atomic mass is 19.4. The lowest BCUT2D eigenvalue weighted by Gasteiger charge is -2.48. The van der Waals surface area contributed by atoms with E-state index in [0.29, 0.717) is 22.5 Å². The molecule has 0 aromatic carbocycles. The molecule has 2 atom stereocenters. The molecule has 4 aliphatic heterocycles. The number of hydrogen-bond donors (Lipinski definition) is 0. The monoisotopic (exact) mass is 455 g/mol. The van der Waals surface area contributed by atoms with E-state index in [9.17, 15) is 18.0 Å². The maximum atomic E-state index is 15.7. The van der Waals surface area contributed by atoms with Crippen LogP contribution in [0.5, 0.6) is 0 Å². The highest BCUT2D eigenvalue weighted by Crippen LogP contribution is 2.57. The van der Waals surface area contributed by atoms with Crippen molar-refractivity contribution in [3.05, 3.63) is 83.0 Å². The van der Waals surface area contributed by atoms with E-state index in [2.05, 4.69) is 15.0 Å². The van der Waals surface area contributed by atoms with Crippen molar-refractivity contribution in [3.63, 3.8) is 0 Å². The number of allylic oxidation sites excluding steroid dienone is 8. The van der Waals surface area contributed by atoms with Crippen LogP contribution in [0.3, 0.4) is 0 Å². The van der Waals surface area contributed by atoms with Gasteiger partial charge in [0.15, 0.2) is 11.6 Å². The van der Waals surface area contributed by atoms with E-state index in [1.807, 2.05) is 0 Å². The van der Waals surface area contributed by atoms with Gasteiger partial charge in [-0.25, -0.2) is 14.4 Å². The summed E-state index contributed by atoms with van der Waals surface area (Å²) >= 11 is 0. The molecule has 0 amide bonds. The highest BCUT2D eigenvalue weighted by Gasteiger charge is 2.60. The topological polar surface area (TPSA) is 63.4 Å². The molecule has 1 spiro atoms. The predicted octanol–water partition coefficient (Wildman–Crippen LogP) is 4.49. The highest BCUT2D eigenvalue weighted by molar-refractivity contribution is 6.23. The van der Waals surface area contributed by atoms with Crippen molar-refractivity contribution in [2.45, 2.75) is 18.3 Å². The Bertz CT molecular complexity index is 1270. The van der Waals surface area contributed by atoms with Crippen LogP contribution in [0.2, 0.25) is 0 Å². The summed E-state index contributed by atoms with van der Waals surface area (Å²) < 4.78 is 62.2. The second-order valence-corrected chi connectivity index (χ2v) is 8.00. The quantitative estimate of drug-likeness (QED) is 0.432. The number of dihydropyridines is 1. The van der Waals surface area contributed by atoms with Gasteiger partial charge in [-0.3, -0.25) is 9.79 Å². The summed E-state index contributed by atoms with van der Waals surface area (Å²) in [5.41, 5.74) is -3.51. The maximum absolute atomic E-state index is 15.7. The molecule has 0 fully saturated rings. The molecule has 0 aromatic rings. The van der Waals surface area contributed by atoms with Crippen molar-refractivity contribution in [2.75, 3.05) is 13.7 Å². The minimum atomic E-state index is -4.80. The SMILES string of the molecule is COC1=CC=NCC2=C3CC4=CC=C(F)C5(N=C(C(F)(F)F)C=CC45C=C1)/N=C\2C=CC3=O. The van der Waals surface area contributed by atoms with Crippen LogP contribution >= 0.6 is 0 Å². The number of carbonyl (C=O) groups is 1. The van der Waals surface area contributed by atoms with Crippen LogP contribution in [0, 0.1) is 5.41 Å². The molecule has 0 saturated carbocycles. The van der Waals surface area contributed by atoms with Gasteiger partial charge in [0.1, 0.15) is 11.5 Å². The van der Waals surface area contributed by atoms with Crippen LogP contribution in [0.4, 0.5) is 17.6 Å². The van der Waals surface area contributed by atoms with Gasteiger partial charge in [-0.15, -0.1) is 0 Å². The molecule has 6 aliphatic rings. The second kappa shape index (κ2) is 7.19. The first-order valence-electron chi connectivity index (χ1n) is 10.1. The van der Waals surface area contributed by atoms with E-state index in [4.69, 9.17) is 4.74 Å². The van der Waals surface area contributed by atoms with E-state index < -0.39 is 28.8 Å². The molecule has 0 radical (unpaired) electrons. The molecular formula is C24H17F4N3O2. The third-order valence-corrected chi connectivity index (χ3v) is 6.30. The number of fused-ring (bicyclic) bond motifs is 3. The standard InChI is InChI=1S/C24H17F4N3O2/c1-33-15-6-9-22-10-7-21(24(26,27)28)31-23(22)20(25)5-2-14(22)12-16-17(13-29-11-8-15)18(30-23)3-4-19(16)32/h2-11H,12-13H2,1H3/b9-6?,15-8?,29-11?,30-18-. The summed E-state index contributed by atoms with van der Waals surface area (Å²) in [6.07, 6.45) is 8.76. The first kappa shape index (κ1) is 21.2. The number of halogens is 4. The fourth-order valence-electron chi connectivity index (χ4n) is 4.63. The molecule has 4 heterocycles. The van der Waals surface area contributed by atoms with Crippen molar-refractivity contribution in [1.82, 2.24) is 0 Å². The van der Waals surface area contributed by atoms with Crippen LogP contribution in [-0.4, -0.2) is 48.9 Å². The lowest BCUT2D eigenvalue weighted by atomic mass is 9.62. The largest absolute Gasteiger partial charge is 0.497 e. The average molecular weight is 455 g/mol. The number of ketones is 1. The van der Waals surface area contributed by atoms with Gasteiger partial charge in [-0.1, -0.05) is 18.2 Å². The van der Waals surface area contributed by atoms with E-state index in [1.165, 1.54) is 49.8 Å². The molecule has 2 unspecified atom stereocenters. The Morgan fingerprint density at radius 2 is 1.79 bits per heavy atom. The molecule has 9 heteroatoms. The van der Waals surface area contributed by atoms with Gasteiger partial charge in [-0.05, 0) is 48.5 Å². The number of nitrogens with zero attached hydrogens (tertiary/aromatic N) is 3. The zero-order chi connectivity index (χ0) is 23.4. The molecule has 0 saturated heterocycles. The number of alkyl halides is 3. The lowest BCUT2D eigenvalue weighted by Crippen LogP contribution is -2.52. The Balaban J connectivity index is 1.91. The van der Waals surface area contributed by atoms with Crippen molar-refractivity contribution >= 4 is 23.4 Å². The Kier molecular flexibility index (Phi) is 4.63. The first-order valence-corrected chi connectivity index (χ1v) is 10.1. The zero-order valence-electron chi connectivity index (χ0n) is 17.4. The van der Waals surface area contributed by atoms with Crippen LogP contribution in [0.15, 0.2) is 98.0 Å². The van der Waals surface area contributed by atoms with Gasteiger partial charge in [0.05, 0.1) is 24.8 Å². The number of aliphatic imine (C=N–C) groups is 3. The normalized spacial score (nSPS) is 31.9. The summed E-state index contributed by atoms with van der Waals surface area (Å²) in [4.78, 5) is 25.5. The number of hydrogen-bond acceptors (Lipinski definition) is 5. The summed E-state index contributed by atoms with van der Waals surface area (Å²) in [5.74, 6) is -0.827. The molecule has 0 N–H and O–H groups in total. The lowest BCUT2D eigenvalue weighted by molar-refractivity contribution is -0.111. The summed E-state index contributed by atoms with van der Waals surface area (Å²) in [6, 6.07) is 0. The van der Waals surface area contributed by atoms with Gasteiger partial charge in [0.25, 0.3) is 0 Å². The molecule has 33 heavy (non-hydrogen) atoms. The van der Waals surface area contributed by atoms with Crippen LogP contribution in [0.25, 0.3) is 0 Å². The van der Waals surface area contributed by atoms with E-state index >= 15 is 4.39 Å². The van der Waals surface area contributed by atoms with Crippen LogP contribution in [0.1, 0.15) is 6.42 Å². The average Bonchev–Trinajstić information content (AvgIpc) is 2.76. The first-order chi connectivity index (χ1) is 15.7. The van der Waals surface area contributed by atoms with Crippen molar-refractivity contribution in [3.8, 4) is 0 Å². The van der Waals surface area contributed by atoms with Gasteiger partial charge in [-0.2, -0.15) is 13.2 Å². The zero-order valence-corrected chi connectivity index (χ0v) is 17.4. The third kappa shape index (κ3) is 3.06.